The van der Waals surface area contributed by atoms with E-state index in [-0.39, 0.29) is 18.1 Å². The van der Waals surface area contributed by atoms with Gasteiger partial charge in [0.2, 0.25) is 5.91 Å². The topological polar surface area (TPSA) is 38.3 Å². The molecule has 0 aromatic heterocycles. The lowest BCUT2D eigenvalue weighted by molar-refractivity contribution is -0.122. The van der Waals surface area contributed by atoms with Gasteiger partial charge in [-0.3, -0.25) is 4.79 Å². The maximum Gasteiger partial charge on any atom is 0.220 e. The third-order valence-corrected chi connectivity index (χ3v) is 5.06. The van der Waals surface area contributed by atoms with Crippen LogP contribution in [0.1, 0.15) is 55.7 Å². The molecule has 1 aliphatic heterocycles. The number of hydrogen-bond acceptors (Lipinski definition) is 2. The van der Waals surface area contributed by atoms with Crippen molar-refractivity contribution >= 4 is 5.91 Å². The number of carbonyl (C=O) groups is 1. The molecule has 2 aromatic rings. The molecule has 1 aliphatic rings. The highest BCUT2D eigenvalue weighted by Gasteiger charge is 2.19. The molecular formula is C23H29NO2. The average Bonchev–Trinajstić information content (AvgIpc) is 3.21. The second-order valence-corrected chi connectivity index (χ2v) is 7.08. The molecule has 1 N–H and O–H groups in total. The molecule has 2 aromatic carbocycles. The summed E-state index contributed by atoms with van der Waals surface area (Å²) < 4.78 is 5.63. The molecule has 0 unspecified atom stereocenters. The second-order valence-electron chi connectivity index (χ2n) is 7.08. The van der Waals surface area contributed by atoms with Gasteiger partial charge in [0.05, 0.1) is 12.1 Å². The zero-order valence-electron chi connectivity index (χ0n) is 15.4. The van der Waals surface area contributed by atoms with E-state index in [1.54, 1.807) is 0 Å². The zero-order valence-corrected chi connectivity index (χ0v) is 15.4. The van der Waals surface area contributed by atoms with Crippen LogP contribution in [0, 0.1) is 0 Å². The Morgan fingerprint density at radius 1 is 1.08 bits per heavy atom. The van der Waals surface area contributed by atoms with Crippen molar-refractivity contribution in [2.75, 3.05) is 6.61 Å². The fourth-order valence-corrected chi connectivity index (χ4v) is 3.59. The molecule has 0 spiro atoms. The number of amides is 1. The third kappa shape index (κ3) is 5.99. The van der Waals surface area contributed by atoms with Crippen molar-refractivity contribution in [2.45, 2.75) is 57.1 Å². The summed E-state index contributed by atoms with van der Waals surface area (Å²) in [6.45, 7) is 0.846. The molecule has 138 valence electrons. The van der Waals surface area contributed by atoms with Gasteiger partial charge in [0.15, 0.2) is 0 Å². The van der Waals surface area contributed by atoms with Crippen molar-refractivity contribution in [3.63, 3.8) is 0 Å². The minimum atomic E-state index is 0.0805. The molecule has 1 amide bonds. The largest absolute Gasteiger partial charge is 0.378 e. The van der Waals surface area contributed by atoms with Gasteiger partial charge in [0.25, 0.3) is 0 Å². The highest BCUT2D eigenvalue weighted by Crippen LogP contribution is 2.21. The number of ether oxygens (including phenoxy) is 1. The van der Waals surface area contributed by atoms with Crippen LogP contribution in [0.5, 0.6) is 0 Å². The Morgan fingerprint density at radius 2 is 1.81 bits per heavy atom. The van der Waals surface area contributed by atoms with Gasteiger partial charge in [-0.05, 0) is 49.7 Å². The van der Waals surface area contributed by atoms with Crippen molar-refractivity contribution in [1.29, 1.82) is 0 Å². The van der Waals surface area contributed by atoms with Crippen molar-refractivity contribution < 1.29 is 9.53 Å². The van der Waals surface area contributed by atoms with E-state index < -0.39 is 0 Å². The van der Waals surface area contributed by atoms with Crippen LogP contribution in [-0.4, -0.2) is 18.6 Å². The summed E-state index contributed by atoms with van der Waals surface area (Å²) >= 11 is 0. The molecule has 2 atom stereocenters. The number of carbonyl (C=O) groups excluding carboxylic acids is 1. The highest BCUT2D eigenvalue weighted by atomic mass is 16.5. The lowest BCUT2D eigenvalue weighted by atomic mass is 9.98. The first kappa shape index (κ1) is 18.7. The van der Waals surface area contributed by atoms with Gasteiger partial charge in [0.1, 0.15) is 0 Å². The summed E-state index contributed by atoms with van der Waals surface area (Å²) in [5.74, 6) is 0.133. The Balaban J connectivity index is 1.52. The van der Waals surface area contributed by atoms with Crippen LogP contribution in [0.25, 0.3) is 0 Å². The number of nitrogens with one attached hydrogen (secondary N) is 1. The van der Waals surface area contributed by atoms with Gasteiger partial charge in [0, 0.05) is 13.0 Å². The van der Waals surface area contributed by atoms with Gasteiger partial charge >= 0.3 is 0 Å². The Labute approximate surface area is 156 Å². The van der Waals surface area contributed by atoms with Gasteiger partial charge in [-0.15, -0.1) is 0 Å². The van der Waals surface area contributed by atoms with Crippen molar-refractivity contribution in [2.24, 2.45) is 0 Å². The summed E-state index contributed by atoms with van der Waals surface area (Å²) in [6.07, 6.45) is 6.90. The normalized spacial score (nSPS) is 17.8. The maximum atomic E-state index is 12.4. The summed E-state index contributed by atoms with van der Waals surface area (Å²) in [7, 11) is 0. The van der Waals surface area contributed by atoms with E-state index in [9.17, 15) is 4.79 Å². The molecule has 1 fully saturated rings. The summed E-state index contributed by atoms with van der Waals surface area (Å²) in [6, 6.07) is 20.9. The monoisotopic (exact) mass is 351 g/mol. The molecule has 0 saturated carbocycles. The van der Waals surface area contributed by atoms with Crippen LogP contribution in [0.15, 0.2) is 60.7 Å². The standard InChI is InChI=1S/C23H29NO2/c25-23(17-16-21-14-8-18-26-21)24-22(20-12-5-2-6-13-20)15-7-11-19-9-3-1-4-10-19/h1-6,9-10,12-13,21-22H,7-8,11,14-18H2,(H,24,25)/t21-,22+/m1/s1. The quantitative estimate of drug-likeness (QED) is 0.703. The zero-order chi connectivity index (χ0) is 18.0. The van der Waals surface area contributed by atoms with Crippen molar-refractivity contribution in [1.82, 2.24) is 5.32 Å². The summed E-state index contributed by atoms with van der Waals surface area (Å²) in [4.78, 5) is 12.4. The van der Waals surface area contributed by atoms with E-state index in [1.807, 2.05) is 24.3 Å². The van der Waals surface area contributed by atoms with Gasteiger partial charge in [-0.25, -0.2) is 0 Å². The predicted octanol–water partition coefficient (Wildman–Crippen LogP) is 4.83. The second kappa shape index (κ2) is 10.1. The molecule has 1 saturated heterocycles. The average molecular weight is 351 g/mol. The molecular weight excluding hydrogens is 322 g/mol. The van der Waals surface area contributed by atoms with E-state index in [4.69, 9.17) is 4.74 Å². The first-order valence-corrected chi connectivity index (χ1v) is 9.81. The number of rotatable bonds is 9. The number of aryl methyl sites for hydroxylation is 1. The molecule has 0 radical (unpaired) electrons. The first-order valence-electron chi connectivity index (χ1n) is 9.81. The molecule has 0 aliphatic carbocycles. The summed E-state index contributed by atoms with van der Waals surface area (Å²) in [5, 5.41) is 3.25. The fraction of sp³-hybridized carbons (Fsp3) is 0.435. The van der Waals surface area contributed by atoms with Crippen LogP contribution in [0.3, 0.4) is 0 Å². The minimum absolute atomic E-state index is 0.0805. The SMILES string of the molecule is O=C(CC[C@H]1CCCO1)N[C@@H](CCCc1ccccc1)c1ccccc1. The minimum Gasteiger partial charge on any atom is -0.378 e. The first-order chi connectivity index (χ1) is 12.8. The Hall–Kier alpha value is -2.13. The van der Waals surface area contributed by atoms with E-state index in [0.717, 1.165) is 45.1 Å². The molecule has 3 nitrogen and oxygen atoms in total. The van der Waals surface area contributed by atoms with Crippen LogP contribution in [-0.2, 0) is 16.0 Å². The van der Waals surface area contributed by atoms with Crippen LogP contribution in [0.2, 0.25) is 0 Å². The van der Waals surface area contributed by atoms with Gasteiger partial charge < -0.3 is 10.1 Å². The fourth-order valence-electron chi connectivity index (χ4n) is 3.59. The smallest absolute Gasteiger partial charge is 0.220 e. The Kier molecular flexibility index (Phi) is 7.26. The van der Waals surface area contributed by atoms with Crippen molar-refractivity contribution in [3.05, 3.63) is 71.8 Å². The van der Waals surface area contributed by atoms with Crippen LogP contribution in [0.4, 0.5) is 0 Å². The molecule has 1 heterocycles. The highest BCUT2D eigenvalue weighted by molar-refractivity contribution is 5.76. The molecule has 3 rings (SSSR count). The molecule has 26 heavy (non-hydrogen) atoms. The molecule has 0 bridgehead atoms. The Bertz CT molecular complexity index is 650. The predicted molar refractivity (Wildman–Crippen MR) is 105 cm³/mol. The summed E-state index contributed by atoms with van der Waals surface area (Å²) in [5.41, 5.74) is 2.54. The van der Waals surface area contributed by atoms with Gasteiger partial charge in [-0.2, -0.15) is 0 Å². The van der Waals surface area contributed by atoms with E-state index >= 15 is 0 Å². The number of benzene rings is 2. The molecule has 3 heteroatoms. The van der Waals surface area contributed by atoms with Crippen LogP contribution < -0.4 is 5.32 Å². The lowest BCUT2D eigenvalue weighted by Crippen LogP contribution is -2.29. The van der Waals surface area contributed by atoms with E-state index in [0.29, 0.717) is 6.42 Å². The number of hydrogen-bond donors (Lipinski definition) is 1. The van der Waals surface area contributed by atoms with E-state index in [1.165, 1.54) is 11.1 Å². The van der Waals surface area contributed by atoms with Crippen LogP contribution >= 0.6 is 0 Å². The Morgan fingerprint density at radius 3 is 2.50 bits per heavy atom. The van der Waals surface area contributed by atoms with Crippen molar-refractivity contribution in [3.8, 4) is 0 Å². The van der Waals surface area contributed by atoms with Gasteiger partial charge in [-0.1, -0.05) is 60.7 Å². The lowest BCUT2D eigenvalue weighted by Gasteiger charge is -2.20. The third-order valence-electron chi connectivity index (χ3n) is 5.06. The maximum absolute atomic E-state index is 12.4. The van der Waals surface area contributed by atoms with E-state index in [2.05, 4.69) is 41.7 Å².